The summed E-state index contributed by atoms with van der Waals surface area (Å²) in [6.07, 6.45) is 0. The average Bonchev–Trinajstić information content (AvgIpc) is 2.17. The maximum atomic E-state index is 13.5. The zero-order chi connectivity index (χ0) is 10.1. The molecule has 0 bridgehead atoms. The standard InChI is InChI=1S/C11H14FNO/c1-7(2)8-5-9(12)11-10(6-8)14-4-3-13-11/h5-7,13H,3-4H2,1-2H3. The monoisotopic (exact) mass is 195 g/mol. The summed E-state index contributed by atoms with van der Waals surface area (Å²) in [5, 5.41) is 3.00. The first-order chi connectivity index (χ1) is 6.68. The van der Waals surface area contributed by atoms with Crippen molar-refractivity contribution in [1.29, 1.82) is 0 Å². The van der Waals surface area contributed by atoms with Gasteiger partial charge in [0, 0.05) is 6.54 Å². The summed E-state index contributed by atoms with van der Waals surface area (Å²) in [6.45, 7) is 5.35. The second kappa shape index (κ2) is 3.48. The van der Waals surface area contributed by atoms with Gasteiger partial charge in [0.2, 0.25) is 0 Å². The number of ether oxygens (including phenoxy) is 1. The molecule has 0 aromatic heterocycles. The van der Waals surface area contributed by atoms with E-state index in [0.29, 0.717) is 30.5 Å². The van der Waals surface area contributed by atoms with Crippen LogP contribution in [0, 0.1) is 5.82 Å². The number of rotatable bonds is 1. The van der Waals surface area contributed by atoms with Crippen molar-refractivity contribution < 1.29 is 9.13 Å². The van der Waals surface area contributed by atoms with E-state index in [9.17, 15) is 4.39 Å². The molecule has 1 aliphatic heterocycles. The molecule has 1 aromatic rings. The lowest BCUT2D eigenvalue weighted by atomic mass is 10.0. The number of hydrogen-bond acceptors (Lipinski definition) is 2. The van der Waals surface area contributed by atoms with Gasteiger partial charge in [-0.25, -0.2) is 4.39 Å². The van der Waals surface area contributed by atoms with Crippen LogP contribution in [0.25, 0.3) is 0 Å². The van der Waals surface area contributed by atoms with Gasteiger partial charge in [-0.1, -0.05) is 13.8 Å². The fourth-order valence-corrected chi connectivity index (χ4v) is 1.56. The summed E-state index contributed by atoms with van der Waals surface area (Å²) >= 11 is 0. The maximum Gasteiger partial charge on any atom is 0.150 e. The Balaban J connectivity index is 2.46. The molecule has 0 atom stereocenters. The molecule has 0 saturated carbocycles. The zero-order valence-electron chi connectivity index (χ0n) is 8.43. The molecule has 1 N–H and O–H groups in total. The Labute approximate surface area is 83.1 Å². The summed E-state index contributed by atoms with van der Waals surface area (Å²) in [5.41, 5.74) is 1.48. The molecule has 2 nitrogen and oxygen atoms in total. The highest BCUT2D eigenvalue weighted by Crippen LogP contribution is 2.33. The normalized spacial score (nSPS) is 14.6. The highest BCUT2D eigenvalue weighted by molar-refractivity contribution is 5.60. The lowest BCUT2D eigenvalue weighted by Crippen LogP contribution is -2.19. The summed E-state index contributed by atoms with van der Waals surface area (Å²) in [6, 6.07) is 3.49. The van der Waals surface area contributed by atoms with Crippen LogP contribution in [0.3, 0.4) is 0 Å². The molecular weight excluding hydrogens is 181 g/mol. The Hall–Kier alpha value is -1.25. The van der Waals surface area contributed by atoms with Gasteiger partial charge in [0.1, 0.15) is 23.9 Å². The summed E-state index contributed by atoms with van der Waals surface area (Å²) in [5.74, 6) is 0.742. The number of benzene rings is 1. The molecule has 1 heterocycles. The topological polar surface area (TPSA) is 21.3 Å². The molecule has 0 amide bonds. The van der Waals surface area contributed by atoms with Crippen molar-refractivity contribution in [3.8, 4) is 5.75 Å². The highest BCUT2D eigenvalue weighted by atomic mass is 19.1. The second-order valence-electron chi connectivity index (χ2n) is 3.81. The number of halogens is 1. The molecule has 0 saturated heterocycles. The van der Waals surface area contributed by atoms with Gasteiger partial charge in [-0.3, -0.25) is 0 Å². The van der Waals surface area contributed by atoms with Crippen LogP contribution in [0.4, 0.5) is 10.1 Å². The maximum absolute atomic E-state index is 13.5. The lowest BCUT2D eigenvalue weighted by Gasteiger charge is -2.21. The van der Waals surface area contributed by atoms with Gasteiger partial charge in [-0.15, -0.1) is 0 Å². The van der Waals surface area contributed by atoms with Crippen molar-refractivity contribution in [2.75, 3.05) is 18.5 Å². The number of fused-ring (bicyclic) bond motifs is 1. The van der Waals surface area contributed by atoms with Crippen LogP contribution in [0.15, 0.2) is 12.1 Å². The molecule has 2 rings (SSSR count). The first kappa shape index (κ1) is 9.31. The third-order valence-corrected chi connectivity index (χ3v) is 2.40. The van der Waals surface area contributed by atoms with E-state index in [0.717, 1.165) is 5.56 Å². The molecule has 1 aromatic carbocycles. The predicted octanol–water partition coefficient (Wildman–Crippen LogP) is 2.75. The van der Waals surface area contributed by atoms with Crippen LogP contribution in [0.5, 0.6) is 5.75 Å². The average molecular weight is 195 g/mol. The molecule has 0 radical (unpaired) electrons. The van der Waals surface area contributed by atoms with E-state index in [-0.39, 0.29) is 5.82 Å². The van der Waals surface area contributed by atoms with E-state index >= 15 is 0 Å². The van der Waals surface area contributed by atoms with Gasteiger partial charge in [-0.05, 0) is 23.6 Å². The predicted molar refractivity (Wildman–Crippen MR) is 54.5 cm³/mol. The number of hydrogen-bond donors (Lipinski definition) is 1. The first-order valence-corrected chi connectivity index (χ1v) is 4.88. The van der Waals surface area contributed by atoms with E-state index in [1.165, 1.54) is 0 Å². The van der Waals surface area contributed by atoms with Crippen molar-refractivity contribution in [2.45, 2.75) is 19.8 Å². The molecule has 0 unspecified atom stereocenters. The van der Waals surface area contributed by atoms with Crippen molar-refractivity contribution in [3.63, 3.8) is 0 Å². The van der Waals surface area contributed by atoms with Crippen molar-refractivity contribution >= 4 is 5.69 Å². The molecule has 3 heteroatoms. The van der Waals surface area contributed by atoms with Gasteiger partial charge in [0.05, 0.1) is 0 Å². The summed E-state index contributed by atoms with van der Waals surface area (Å²) in [7, 11) is 0. The van der Waals surface area contributed by atoms with Crippen LogP contribution in [-0.2, 0) is 0 Å². The minimum atomic E-state index is -0.217. The van der Waals surface area contributed by atoms with E-state index in [2.05, 4.69) is 5.32 Å². The minimum Gasteiger partial charge on any atom is -0.489 e. The molecule has 1 aliphatic rings. The van der Waals surface area contributed by atoms with E-state index in [4.69, 9.17) is 4.74 Å². The molecular formula is C11H14FNO. The quantitative estimate of drug-likeness (QED) is 0.744. The minimum absolute atomic E-state index is 0.217. The Morgan fingerprint density at radius 1 is 1.43 bits per heavy atom. The molecule has 76 valence electrons. The summed E-state index contributed by atoms with van der Waals surface area (Å²) < 4.78 is 18.9. The van der Waals surface area contributed by atoms with Gasteiger partial charge in [0.15, 0.2) is 0 Å². The van der Waals surface area contributed by atoms with Crippen LogP contribution in [0.2, 0.25) is 0 Å². The van der Waals surface area contributed by atoms with Crippen molar-refractivity contribution in [1.82, 2.24) is 0 Å². The van der Waals surface area contributed by atoms with Crippen molar-refractivity contribution in [3.05, 3.63) is 23.5 Å². The largest absolute Gasteiger partial charge is 0.489 e. The molecule has 14 heavy (non-hydrogen) atoms. The van der Waals surface area contributed by atoms with Gasteiger partial charge in [-0.2, -0.15) is 0 Å². The van der Waals surface area contributed by atoms with Crippen LogP contribution < -0.4 is 10.1 Å². The molecule has 0 aliphatic carbocycles. The first-order valence-electron chi connectivity index (χ1n) is 4.88. The van der Waals surface area contributed by atoms with Gasteiger partial charge < -0.3 is 10.1 Å². The van der Waals surface area contributed by atoms with E-state index < -0.39 is 0 Å². The fraction of sp³-hybridized carbons (Fsp3) is 0.455. The fourth-order valence-electron chi connectivity index (χ4n) is 1.56. The van der Waals surface area contributed by atoms with Crippen LogP contribution in [-0.4, -0.2) is 13.2 Å². The smallest absolute Gasteiger partial charge is 0.150 e. The Morgan fingerprint density at radius 3 is 2.93 bits per heavy atom. The third-order valence-electron chi connectivity index (χ3n) is 2.40. The Morgan fingerprint density at radius 2 is 2.21 bits per heavy atom. The molecule has 0 fully saturated rings. The van der Waals surface area contributed by atoms with Crippen LogP contribution in [0.1, 0.15) is 25.3 Å². The Bertz CT molecular complexity index is 349. The van der Waals surface area contributed by atoms with Crippen LogP contribution >= 0.6 is 0 Å². The second-order valence-corrected chi connectivity index (χ2v) is 3.81. The zero-order valence-corrected chi connectivity index (χ0v) is 8.43. The number of nitrogens with one attached hydrogen (secondary N) is 1. The van der Waals surface area contributed by atoms with Crippen molar-refractivity contribution in [2.24, 2.45) is 0 Å². The summed E-state index contributed by atoms with van der Waals surface area (Å²) in [4.78, 5) is 0. The lowest BCUT2D eigenvalue weighted by molar-refractivity contribution is 0.320. The van der Waals surface area contributed by atoms with E-state index in [1.807, 2.05) is 19.9 Å². The van der Waals surface area contributed by atoms with E-state index in [1.54, 1.807) is 6.07 Å². The highest BCUT2D eigenvalue weighted by Gasteiger charge is 2.16. The molecule has 0 spiro atoms. The number of anilines is 1. The van der Waals surface area contributed by atoms with Gasteiger partial charge >= 0.3 is 0 Å². The Kier molecular flexibility index (Phi) is 2.32. The third kappa shape index (κ3) is 1.54. The van der Waals surface area contributed by atoms with Gasteiger partial charge in [0.25, 0.3) is 0 Å². The SMILES string of the molecule is CC(C)c1cc(F)c2c(c1)OCCN2.